The van der Waals surface area contributed by atoms with Crippen LogP contribution < -0.4 is 14.4 Å². The molecule has 7 nitrogen and oxygen atoms in total. The van der Waals surface area contributed by atoms with E-state index in [2.05, 4.69) is 15.7 Å². The number of allylic oxidation sites excluding steroid dienone is 2. The molecule has 1 saturated carbocycles. The molecule has 3 aliphatic rings. The van der Waals surface area contributed by atoms with Gasteiger partial charge in [0.05, 0.1) is 12.3 Å². The molecule has 0 aromatic heterocycles. The van der Waals surface area contributed by atoms with Gasteiger partial charge in [-0.15, -0.1) is 0 Å². The second-order valence-corrected chi connectivity index (χ2v) is 13.3. The third kappa shape index (κ3) is 6.61. The third-order valence-electron chi connectivity index (χ3n) is 8.41. The van der Waals surface area contributed by atoms with E-state index >= 15 is 0 Å². The van der Waals surface area contributed by atoms with Crippen molar-refractivity contribution in [3.05, 3.63) is 70.3 Å². The Morgan fingerprint density at radius 2 is 1.87 bits per heavy atom. The van der Waals surface area contributed by atoms with Crippen LogP contribution in [0, 0.1) is 11.8 Å². The molecule has 0 spiro atoms. The SMILES string of the molecule is O=C1NS(=O)(=O)[C@@H](CO)CC/C=C/C[C@@H]2CC[C@H]2CN2CCCCc3cc(Cl)ccc3COc3ccc1cc32. The van der Waals surface area contributed by atoms with E-state index in [9.17, 15) is 18.3 Å². The molecule has 1 aliphatic carbocycles. The normalized spacial score (nSPS) is 26.5. The molecule has 0 saturated heterocycles. The quantitative estimate of drug-likeness (QED) is 0.453. The number of hydrogen-bond donors (Lipinski definition) is 2. The molecule has 2 bridgehead atoms. The first-order valence-electron chi connectivity index (χ1n) is 13.9. The van der Waals surface area contributed by atoms with Gasteiger partial charge in [-0.3, -0.25) is 4.79 Å². The molecular weight excluding hydrogens is 536 g/mol. The van der Waals surface area contributed by atoms with E-state index in [1.807, 2.05) is 24.3 Å². The Morgan fingerprint density at radius 1 is 1.03 bits per heavy atom. The molecule has 2 aromatic carbocycles. The molecule has 2 aliphatic heterocycles. The van der Waals surface area contributed by atoms with Gasteiger partial charge in [0.1, 0.15) is 17.6 Å². The van der Waals surface area contributed by atoms with Gasteiger partial charge in [-0.1, -0.05) is 29.8 Å². The number of nitrogens with zero attached hydrogens (tertiary/aromatic N) is 1. The molecule has 0 radical (unpaired) electrons. The van der Waals surface area contributed by atoms with E-state index in [0.29, 0.717) is 35.6 Å². The van der Waals surface area contributed by atoms with Gasteiger partial charge < -0.3 is 14.7 Å². The third-order valence-corrected chi connectivity index (χ3v) is 10.4. The average molecular weight is 573 g/mol. The largest absolute Gasteiger partial charge is 0.487 e. The summed E-state index contributed by atoms with van der Waals surface area (Å²) < 4.78 is 34.4. The van der Waals surface area contributed by atoms with Gasteiger partial charge in [0.15, 0.2) is 0 Å². The topological polar surface area (TPSA) is 95.9 Å². The van der Waals surface area contributed by atoms with Crippen LogP contribution in [0.3, 0.4) is 0 Å². The summed E-state index contributed by atoms with van der Waals surface area (Å²) in [6, 6.07) is 11.0. The maximum atomic E-state index is 13.2. The number of hydrogen-bond acceptors (Lipinski definition) is 6. The van der Waals surface area contributed by atoms with Gasteiger partial charge in [0.2, 0.25) is 10.0 Å². The molecular formula is C30H37ClN2O5S. The minimum atomic E-state index is -4.05. The first kappa shape index (κ1) is 28.0. The fourth-order valence-electron chi connectivity index (χ4n) is 5.84. The van der Waals surface area contributed by atoms with Crippen molar-refractivity contribution in [2.24, 2.45) is 11.8 Å². The Balaban J connectivity index is 1.52. The number of rotatable bonds is 1. The van der Waals surface area contributed by atoms with Crippen molar-refractivity contribution in [1.82, 2.24) is 4.72 Å². The van der Waals surface area contributed by atoms with E-state index in [4.69, 9.17) is 16.3 Å². The highest BCUT2D eigenvalue weighted by atomic mass is 35.5. The summed E-state index contributed by atoms with van der Waals surface area (Å²) in [5.41, 5.74) is 3.34. The van der Waals surface area contributed by atoms with E-state index in [0.717, 1.165) is 50.0 Å². The molecule has 2 aromatic rings. The lowest BCUT2D eigenvalue weighted by Crippen LogP contribution is -2.40. The Morgan fingerprint density at radius 3 is 2.67 bits per heavy atom. The fourth-order valence-corrected chi connectivity index (χ4v) is 7.22. The molecule has 3 atom stereocenters. The summed E-state index contributed by atoms with van der Waals surface area (Å²) in [5, 5.41) is 9.43. The van der Waals surface area contributed by atoms with Crippen LogP contribution in [0.5, 0.6) is 5.75 Å². The highest BCUT2D eigenvalue weighted by Gasteiger charge is 2.33. The fraction of sp³-hybridized carbons (Fsp3) is 0.500. The number of aryl methyl sites for hydroxylation is 1. The molecule has 9 heteroatoms. The standard InChI is InChI=1S/C30H37ClN2O5S/c31-26-13-11-25-20-38-29-14-12-23-17-28(29)33(15-5-4-7-22(25)16-26)18-24-10-9-21(24)6-2-1-3-8-27(19-34)39(36,37)32-30(23)35/h1-2,11-14,16-17,21,24,27,34H,3-10,15,18-20H2,(H,32,35)/b2-1+/t21-,24+,27-/m1/s1. The Hall–Kier alpha value is -2.55. The predicted octanol–water partition coefficient (Wildman–Crippen LogP) is 5.25. The maximum absolute atomic E-state index is 13.2. The van der Waals surface area contributed by atoms with Crippen LogP contribution in [-0.2, 0) is 23.1 Å². The lowest BCUT2D eigenvalue weighted by Gasteiger charge is -2.41. The molecule has 1 amide bonds. The smallest absolute Gasteiger partial charge is 0.264 e. The first-order chi connectivity index (χ1) is 18.8. The number of amides is 1. The van der Waals surface area contributed by atoms with Crippen molar-refractivity contribution >= 4 is 33.2 Å². The van der Waals surface area contributed by atoms with Gasteiger partial charge >= 0.3 is 0 Å². The molecule has 210 valence electrons. The Kier molecular flexibility index (Phi) is 8.84. The highest BCUT2D eigenvalue weighted by Crippen LogP contribution is 2.40. The van der Waals surface area contributed by atoms with Crippen LogP contribution in [0.4, 0.5) is 5.69 Å². The number of aliphatic hydroxyl groups is 1. The first-order valence-corrected chi connectivity index (χ1v) is 15.9. The summed E-state index contributed by atoms with van der Waals surface area (Å²) in [5.74, 6) is 1.09. The second-order valence-electron chi connectivity index (χ2n) is 11.0. The van der Waals surface area contributed by atoms with Gasteiger partial charge in [-0.05, 0) is 105 Å². The van der Waals surface area contributed by atoms with Gasteiger partial charge in [0.25, 0.3) is 5.91 Å². The number of ether oxygens (including phenoxy) is 1. The van der Waals surface area contributed by atoms with E-state index in [1.165, 1.54) is 18.4 Å². The summed E-state index contributed by atoms with van der Waals surface area (Å²) in [7, 11) is -4.05. The summed E-state index contributed by atoms with van der Waals surface area (Å²) >= 11 is 6.29. The van der Waals surface area contributed by atoms with Gasteiger partial charge in [-0.2, -0.15) is 0 Å². The molecule has 5 rings (SSSR count). The number of sulfonamides is 1. The lowest BCUT2D eigenvalue weighted by molar-refractivity contribution is 0.0980. The number of carbonyl (C=O) groups excluding carboxylic acids is 1. The Labute approximate surface area is 236 Å². The minimum Gasteiger partial charge on any atom is -0.487 e. The summed E-state index contributed by atoms with van der Waals surface area (Å²) in [4.78, 5) is 15.5. The highest BCUT2D eigenvalue weighted by molar-refractivity contribution is 7.90. The van der Waals surface area contributed by atoms with E-state index in [-0.39, 0.29) is 12.0 Å². The van der Waals surface area contributed by atoms with Crippen LogP contribution >= 0.6 is 11.6 Å². The van der Waals surface area contributed by atoms with Crippen LogP contribution in [0.2, 0.25) is 5.02 Å². The zero-order valence-electron chi connectivity index (χ0n) is 22.1. The van der Waals surface area contributed by atoms with E-state index < -0.39 is 27.8 Å². The van der Waals surface area contributed by atoms with Gasteiger partial charge in [0, 0.05) is 23.7 Å². The number of halogens is 1. The lowest BCUT2D eigenvalue weighted by atomic mass is 9.71. The molecule has 0 unspecified atom stereocenters. The second kappa shape index (κ2) is 12.3. The molecule has 39 heavy (non-hydrogen) atoms. The zero-order chi connectivity index (χ0) is 27.4. The van der Waals surface area contributed by atoms with Crippen molar-refractivity contribution in [2.75, 3.05) is 24.6 Å². The van der Waals surface area contributed by atoms with Crippen molar-refractivity contribution in [3.8, 4) is 5.75 Å². The number of fused-ring (bicyclic) bond motifs is 3. The number of anilines is 1. The number of nitrogens with one attached hydrogen (secondary N) is 1. The number of carbonyl (C=O) groups is 1. The number of benzene rings is 2. The van der Waals surface area contributed by atoms with Crippen LogP contribution in [0.1, 0.15) is 66.4 Å². The predicted molar refractivity (Wildman–Crippen MR) is 154 cm³/mol. The summed E-state index contributed by atoms with van der Waals surface area (Å²) in [6.07, 6.45) is 11.1. The summed E-state index contributed by atoms with van der Waals surface area (Å²) in [6.45, 7) is 1.51. The zero-order valence-corrected chi connectivity index (χ0v) is 23.7. The number of aliphatic hydroxyl groups excluding tert-OH is 1. The van der Waals surface area contributed by atoms with Crippen molar-refractivity contribution in [2.45, 2.75) is 63.2 Å². The van der Waals surface area contributed by atoms with Crippen molar-refractivity contribution < 1.29 is 23.1 Å². The maximum Gasteiger partial charge on any atom is 0.264 e. The van der Waals surface area contributed by atoms with Crippen LogP contribution in [-0.4, -0.2) is 44.4 Å². The molecule has 1 fully saturated rings. The van der Waals surface area contributed by atoms with E-state index in [1.54, 1.807) is 18.2 Å². The van der Waals surface area contributed by atoms with Crippen molar-refractivity contribution in [1.29, 1.82) is 0 Å². The molecule has 2 heterocycles. The minimum absolute atomic E-state index is 0.252. The Bertz CT molecular complexity index is 1330. The average Bonchev–Trinajstić information content (AvgIpc) is 2.92. The van der Waals surface area contributed by atoms with Crippen LogP contribution in [0.25, 0.3) is 0 Å². The van der Waals surface area contributed by atoms with Crippen LogP contribution in [0.15, 0.2) is 48.6 Å². The van der Waals surface area contributed by atoms with Crippen molar-refractivity contribution in [3.63, 3.8) is 0 Å². The molecule has 2 N–H and O–H groups in total. The monoisotopic (exact) mass is 572 g/mol. The van der Waals surface area contributed by atoms with Gasteiger partial charge in [-0.25, -0.2) is 13.1 Å².